The van der Waals surface area contributed by atoms with E-state index in [-0.39, 0.29) is 5.56 Å². The van der Waals surface area contributed by atoms with Gasteiger partial charge in [-0.05, 0) is 31.2 Å². The van der Waals surface area contributed by atoms with Crippen molar-refractivity contribution in [2.24, 2.45) is 5.92 Å². The maximum Gasteiger partial charge on any atom is 0.266 e. The van der Waals surface area contributed by atoms with Crippen LogP contribution < -0.4 is 10.8 Å². The predicted octanol–water partition coefficient (Wildman–Crippen LogP) is 2.75. The van der Waals surface area contributed by atoms with Gasteiger partial charge in [0.2, 0.25) is 6.43 Å². The molecule has 1 aromatic rings. The van der Waals surface area contributed by atoms with Crippen LogP contribution in [0.2, 0.25) is 0 Å². The molecule has 0 radical (unpaired) electrons. The van der Waals surface area contributed by atoms with Crippen molar-refractivity contribution in [3.63, 3.8) is 0 Å². The third-order valence-corrected chi connectivity index (χ3v) is 3.17. The number of aliphatic hydroxyl groups is 1. The summed E-state index contributed by atoms with van der Waals surface area (Å²) in [5, 5.41) is 19.9. The average Bonchev–Trinajstić information content (AvgIpc) is 2.72. The fourth-order valence-electron chi connectivity index (χ4n) is 1.77. The minimum atomic E-state index is -2.86. The molecule has 6 nitrogen and oxygen atoms in total. The highest BCUT2D eigenvalue weighted by Gasteiger charge is 2.32. The largest absolute Gasteiger partial charge is 0.381 e. The van der Waals surface area contributed by atoms with Gasteiger partial charge in [-0.25, -0.2) is 14.3 Å². The second-order valence-electron chi connectivity index (χ2n) is 5.14. The molecule has 1 rings (SSSR count). The van der Waals surface area contributed by atoms with Gasteiger partial charge < -0.3 is 10.4 Å². The summed E-state index contributed by atoms with van der Waals surface area (Å²) in [5.41, 5.74) is 1.95. The zero-order chi connectivity index (χ0) is 22.3. The molecule has 0 saturated heterocycles. The Morgan fingerprint density at radius 2 is 1.61 bits per heavy atom. The molecule has 0 fully saturated rings. The number of carbonyl (C=O) groups is 2. The number of alkyl halides is 2. The Hall–Kier alpha value is -2.76. The summed E-state index contributed by atoms with van der Waals surface area (Å²) in [4.78, 5) is 23.6. The molecule has 0 bridgehead atoms. The zero-order valence-electron chi connectivity index (χ0n) is 16.5. The van der Waals surface area contributed by atoms with E-state index in [1.54, 1.807) is 0 Å². The lowest BCUT2D eigenvalue weighted by molar-refractivity contribution is -0.134. The van der Waals surface area contributed by atoms with Crippen LogP contribution in [0.1, 0.15) is 43.6 Å². The molecule has 8 heteroatoms. The highest BCUT2D eigenvalue weighted by atomic mass is 19.3. The lowest BCUT2D eigenvalue weighted by Gasteiger charge is -2.22. The van der Waals surface area contributed by atoms with E-state index in [1.165, 1.54) is 36.7 Å². The number of nitrogens with one attached hydrogen (secondary N) is 2. The second-order valence-corrected chi connectivity index (χ2v) is 5.14. The third kappa shape index (κ3) is 9.80. The molecular formula is C20H28F2N2O4. The molecule has 0 heterocycles. The topological polar surface area (TPSA) is 98.7 Å². The summed E-state index contributed by atoms with van der Waals surface area (Å²) >= 11 is 0. The number of hydrogen-bond acceptors (Lipinski definition) is 4. The van der Waals surface area contributed by atoms with Gasteiger partial charge in [0, 0.05) is 17.0 Å². The Morgan fingerprint density at radius 3 is 2.00 bits per heavy atom. The lowest BCUT2D eigenvalue weighted by atomic mass is 10.0. The molecule has 156 valence electrons. The molecule has 0 aliphatic heterocycles. The number of aliphatic hydroxyl groups excluding tert-OH is 1. The predicted molar refractivity (Wildman–Crippen MR) is 104 cm³/mol. The summed E-state index contributed by atoms with van der Waals surface area (Å²) in [7, 11) is 0. The SMILES string of the molecule is C=C.CC.CC(O)C#Cc1ccc(C(=O)NC(C(=O)NO)C(C)C(F)F)cc1. The fourth-order valence-corrected chi connectivity index (χ4v) is 1.77. The number of halogens is 2. The van der Waals surface area contributed by atoms with E-state index in [1.807, 2.05) is 13.8 Å². The van der Waals surface area contributed by atoms with Crippen molar-refractivity contribution in [1.82, 2.24) is 10.8 Å². The molecule has 3 atom stereocenters. The standard InChI is InChI=1S/C16H18F2N2O4.C2H6.C2H4/c1-9(21)3-4-11-5-7-12(8-6-11)15(22)19-13(16(23)20-24)10(2)14(17)18;2*1-2/h5-10,13-14,21,24H,1-2H3,(H,19,22)(H,20,23);1-2H3;1-2H2. The van der Waals surface area contributed by atoms with Crippen LogP contribution in [0.3, 0.4) is 0 Å². The van der Waals surface area contributed by atoms with Crippen LogP contribution in [0.15, 0.2) is 37.4 Å². The molecule has 0 spiro atoms. The molecular weight excluding hydrogens is 370 g/mol. The van der Waals surface area contributed by atoms with Gasteiger partial charge in [-0.2, -0.15) is 0 Å². The Bertz CT molecular complexity index is 652. The van der Waals surface area contributed by atoms with Crippen LogP contribution in [0.25, 0.3) is 0 Å². The van der Waals surface area contributed by atoms with Crippen molar-refractivity contribution in [2.45, 2.75) is 46.3 Å². The molecule has 4 N–H and O–H groups in total. The van der Waals surface area contributed by atoms with Crippen LogP contribution >= 0.6 is 0 Å². The van der Waals surface area contributed by atoms with E-state index in [0.717, 1.165) is 6.92 Å². The minimum absolute atomic E-state index is 0.134. The zero-order valence-corrected chi connectivity index (χ0v) is 16.5. The van der Waals surface area contributed by atoms with Crippen LogP contribution in [-0.2, 0) is 4.79 Å². The second kappa shape index (κ2) is 15.3. The van der Waals surface area contributed by atoms with Crippen LogP contribution in [-0.4, -0.2) is 40.7 Å². The van der Waals surface area contributed by atoms with E-state index >= 15 is 0 Å². The van der Waals surface area contributed by atoms with Gasteiger partial charge in [-0.15, -0.1) is 13.2 Å². The van der Waals surface area contributed by atoms with Gasteiger partial charge in [0.25, 0.3) is 11.8 Å². The molecule has 0 aliphatic rings. The first kappa shape index (κ1) is 27.5. The highest BCUT2D eigenvalue weighted by molar-refractivity contribution is 5.97. The number of amides is 2. The Kier molecular flexibility index (Phi) is 15.0. The Labute approximate surface area is 164 Å². The van der Waals surface area contributed by atoms with E-state index in [0.29, 0.717) is 5.56 Å². The smallest absolute Gasteiger partial charge is 0.266 e. The lowest BCUT2D eigenvalue weighted by Crippen LogP contribution is -2.51. The Balaban J connectivity index is 0. The van der Waals surface area contributed by atoms with Crippen molar-refractivity contribution in [3.05, 3.63) is 48.6 Å². The number of carbonyl (C=O) groups excluding carboxylic acids is 2. The quantitative estimate of drug-likeness (QED) is 0.265. The summed E-state index contributed by atoms with van der Waals surface area (Å²) in [6, 6.07) is 4.26. The van der Waals surface area contributed by atoms with Crippen LogP contribution in [0.5, 0.6) is 0 Å². The molecule has 1 aromatic carbocycles. The molecule has 3 unspecified atom stereocenters. The first-order chi connectivity index (χ1) is 13.3. The Morgan fingerprint density at radius 1 is 1.11 bits per heavy atom. The fraction of sp³-hybridized carbons (Fsp3) is 0.400. The van der Waals surface area contributed by atoms with Crippen LogP contribution in [0, 0.1) is 17.8 Å². The van der Waals surface area contributed by atoms with Gasteiger partial charge in [0.05, 0.1) is 0 Å². The average molecular weight is 398 g/mol. The number of hydrogen-bond donors (Lipinski definition) is 4. The van der Waals surface area contributed by atoms with Crippen molar-refractivity contribution in [3.8, 4) is 11.8 Å². The number of hydroxylamine groups is 1. The van der Waals surface area contributed by atoms with Gasteiger partial charge in [-0.1, -0.05) is 32.6 Å². The summed E-state index contributed by atoms with van der Waals surface area (Å²) in [5.74, 6) is 1.85. The number of rotatable bonds is 5. The first-order valence-corrected chi connectivity index (χ1v) is 8.59. The monoisotopic (exact) mass is 398 g/mol. The molecule has 0 aliphatic carbocycles. The molecule has 2 amide bonds. The van der Waals surface area contributed by atoms with Gasteiger partial charge >= 0.3 is 0 Å². The van der Waals surface area contributed by atoms with Crippen LogP contribution in [0.4, 0.5) is 8.78 Å². The maximum atomic E-state index is 12.8. The minimum Gasteiger partial charge on any atom is -0.381 e. The maximum absolute atomic E-state index is 12.8. The van der Waals surface area contributed by atoms with Gasteiger partial charge in [0.1, 0.15) is 12.1 Å². The highest BCUT2D eigenvalue weighted by Crippen LogP contribution is 2.15. The summed E-state index contributed by atoms with van der Waals surface area (Å²) in [6.45, 7) is 12.6. The van der Waals surface area contributed by atoms with E-state index in [2.05, 4.69) is 30.3 Å². The van der Waals surface area contributed by atoms with Crippen molar-refractivity contribution in [1.29, 1.82) is 0 Å². The van der Waals surface area contributed by atoms with E-state index < -0.39 is 36.3 Å². The number of benzene rings is 1. The summed E-state index contributed by atoms with van der Waals surface area (Å²) < 4.78 is 25.6. The first-order valence-electron chi connectivity index (χ1n) is 8.59. The van der Waals surface area contributed by atoms with Crippen molar-refractivity contribution in [2.75, 3.05) is 0 Å². The van der Waals surface area contributed by atoms with E-state index in [4.69, 9.17) is 10.3 Å². The molecule has 28 heavy (non-hydrogen) atoms. The van der Waals surface area contributed by atoms with Gasteiger partial charge in [-0.3, -0.25) is 14.8 Å². The third-order valence-electron chi connectivity index (χ3n) is 3.17. The molecule has 0 aromatic heterocycles. The summed E-state index contributed by atoms with van der Waals surface area (Å²) in [6.07, 6.45) is -3.65. The van der Waals surface area contributed by atoms with Crippen molar-refractivity contribution < 1.29 is 28.7 Å². The van der Waals surface area contributed by atoms with E-state index in [9.17, 15) is 18.4 Å². The van der Waals surface area contributed by atoms with Crippen molar-refractivity contribution >= 4 is 11.8 Å². The normalized spacial score (nSPS) is 12.5. The van der Waals surface area contributed by atoms with Gasteiger partial charge in [0.15, 0.2) is 0 Å². The molecule has 0 saturated carbocycles.